The number of pyridine rings is 1. The summed E-state index contributed by atoms with van der Waals surface area (Å²) in [5.74, 6) is -0.489. The second-order valence-electron chi connectivity index (χ2n) is 7.18. The van der Waals surface area contributed by atoms with Crippen LogP contribution in [-0.2, 0) is 24.1 Å². The van der Waals surface area contributed by atoms with E-state index in [4.69, 9.17) is 0 Å². The van der Waals surface area contributed by atoms with Gasteiger partial charge in [0.1, 0.15) is 11.5 Å². The first kappa shape index (κ1) is 18.5. The number of carbonyl (C=O) groups excluding carboxylic acids is 1. The van der Waals surface area contributed by atoms with Gasteiger partial charge in [0.2, 0.25) is 5.91 Å². The van der Waals surface area contributed by atoms with Gasteiger partial charge in [0, 0.05) is 29.7 Å². The molecule has 1 aromatic carbocycles. The molecule has 1 amide bonds. The van der Waals surface area contributed by atoms with Crippen LogP contribution in [0.3, 0.4) is 0 Å². The molecule has 2 N–H and O–H groups in total. The van der Waals surface area contributed by atoms with Crippen LogP contribution in [-0.4, -0.2) is 27.3 Å². The van der Waals surface area contributed by atoms with Crippen molar-refractivity contribution < 1.29 is 18.0 Å². The first-order chi connectivity index (χ1) is 13.2. The summed E-state index contributed by atoms with van der Waals surface area (Å²) in [7, 11) is 0. The standard InChI is InChI=1S/C20H19F3N4O/c1-11-3-5-15-13(7-11)14-8-27(9-16(14)24-15)10-18(28)25-17-6-4-12(2)19(26-17)20(21,22)23/h3-7,24H,8-10H2,1-2H3,(H,25,26,28). The van der Waals surface area contributed by atoms with Crippen LogP contribution in [0, 0.1) is 13.8 Å². The number of carbonyl (C=O) groups is 1. The van der Waals surface area contributed by atoms with Crippen molar-refractivity contribution in [3.05, 3.63) is 58.4 Å². The van der Waals surface area contributed by atoms with Crippen LogP contribution in [0.4, 0.5) is 19.0 Å². The second-order valence-corrected chi connectivity index (χ2v) is 7.18. The highest BCUT2D eigenvalue weighted by molar-refractivity contribution is 5.91. The molecule has 0 bridgehead atoms. The summed E-state index contributed by atoms with van der Waals surface area (Å²) in [4.78, 5) is 21.2. The smallest absolute Gasteiger partial charge is 0.357 e. The quantitative estimate of drug-likeness (QED) is 0.709. The largest absolute Gasteiger partial charge is 0.433 e. The molecule has 3 aromatic rings. The molecule has 0 unspecified atom stereocenters. The Balaban J connectivity index is 1.44. The Labute approximate surface area is 159 Å². The van der Waals surface area contributed by atoms with E-state index in [2.05, 4.69) is 21.4 Å². The summed E-state index contributed by atoms with van der Waals surface area (Å²) in [6.45, 7) is 4.65. The molecular weight excluding hydrogens is 369 g/mol. The van der Waals surface area contributed by atoms with E-state index in [9.17, 15) is 18.0 Å². The highest BCUT2D eigenvalue weighted by Crippen LogP contribution is 2.32. The molecule has 1 aliphatic rings. The first-order valence-corrected chi connectivity index (χ1v) is 8.88. The number of nitrogens with one attached hydrogen (secondary N) is 2. The van der Waals surface area contributed by atoms with Crippen molar-refractivity contribution in [2.75, 3.05) is 11.9 Å². The van der Waals surface area contributed by atoms with Gasteiger partial charge in [-0.2, -0.15) is 13.2 Å². The Morgan fingerprint density at radius 2 is 2.00 bits per heavy atom. The highest BCUT2D eigenvalue weighted by Gasteiger charge is 2.34. The number of hydrogen-bond donors (Lipinski definition) is 2. The molecular formula is C20H19F3N4O. The summed E-state index contributed by atoms with van der Waals surface area (Å²) in [6.07, 6.45) is -4.55. The highest BCUT2D eigenvalue weighted by atomic mass is 19.4. The molecule has 0 atom stereocenters. The molecule has 28 heavy (non-hydrogen) atoms. The zero-order chi connectivity index (χ0) is 20.1. The molecule has 3 heterocycles. The van der Waals surface area contributed by atoms with Gasteiger partial charge >= 0.3 is 6.18 Å². The lowest BCUT2D eigenvalue weighted by Crippen LogP contribution is -2.30. The monoisotopic (exact) mass is 388 g/mol. The van der Waals surface area contributed by atoms with E-state index < -0.39 is 17.8 Å². The third-order valence-electron chi connectivity index (χ3n) is 4.91. The SMILES string of the molecule is Cc1ccc2[nH]c3c(c2c1)CN(CC(=O)Nc1ccc(C)c(C(F)(F)F)n1)C3. The van der Waals surface area contributed by atoms with E-state index in [1.54, 1.807) is 0 Å². The van der Waals surface area contributed by atoms with Gasteiger partial charge in [0.25, 0.3) is 0 Å². The first-order valence-electron chi connectivity index (χ1n) is 8.88. The fourth-order valence-corrected chi connectivity index (χ4v) is 3.62. The lowest BCUT2D eigenvalue weighted by molar-refractivity contribution is -0.141. The Morgan fingerprint density at radius 3 is 2.75 bits per heavy atom. The number of alkyl halides is 3. The average Bonchev–Trinajstić information content (AvgIpc) is 3.13. The maximum Gasteiger partial charge on any atom is 0.433 e. The van der Waals surface area contributed by atoms with Gasteiger partial charge in [-0.05, 0) is 43.2 Å². The number of halogens is 3. The van der Waals surface area contributed by atoms with Crippen LogP contribution in [0.15, 0.2) is 30.3 Å². The van der Waals surface area contributed by atoms with E-state index in [0.717, 1.165) is 22.2 Å². The van der Waals surface area contributed by atoms with Crippen LogP contribution < -0.4 is 5.32 Å². The summed E-state index contributed by atoms with van der Waals surface area (Å²) >= 11 is 0. The van der Waals surface area contributed by atoms with Gasteiger partial charge in [-0.3, -0.25) is 9.69 Å². The number of amides is 1. The molecule has 0 aliphatic carbocycles. The van der Waals surface area contributed by atoms with E-state index in [1.165, 1.54) is 24.6 Å². The van der Waals surface area contributed by atoms with Crippen LogP contribution in [0.5, 0.6) is 0 Å². The number of benzene rings is 1. The van der Waals surface area contributed by atoms with Gasteiger partial charge in [0.05, 0.1) is 6.54 Å². The second kappa shape index (κ2) is 6.63. The van der Waals surface area contributed by atoms with E-state index in [0.29, 0.717) is 13.1 Å². The number of anilines is 1. The molecule has 4 rings (SSSR count). The molecule has 8 heteroatoms. The fraction of sp³-hybridized carbons (Fsp3) is 0.300. The van der Waals surface area contributed by atoms with Crippen LogP contribution >= 0.6 is 0 Å². The Morgan fingerprint density at radius 1 is 1.21 bits per heavy atom. The van der Waals surface area contributed by atoms with E-state index in [-0.39, 0.29) is 17.9 Å². The normalized spacial score (nSPS) is 14.5. The van der Waals surface area contributed by atoms with Crippen molar-refractivity contribution in [1.82, 2.24) is 14.9 Å². The molecule has 1 aliphatic heterocycles. The van der Waals surface area contributed by atoms with Crippen molar-refractivity contribution in [2.24, 2.45) is 0 Å². The van der Waals surface area contributed by atoms with Gasteiger partial charge in [-0.25, -0.2) is 4.98 Å². The van der Waals surface area contributed by atoms with Crippen LogP contribution in [0.2, 0.25) is 0 Å². The molecule has 2 aromatic heterocycles. The van der Waals surface area contributed by atoms with E-state index in [1.807, 2.05) is 24.0 Å². The third-order valence-corrected chi connectivity index (χ3v) is 4.91. The van der Waals surface area contributed by atoms with Crippen LogP contribution in [0.25, 0.3) is 10.9 Å². The van der Waals surface area contributed by atoms with Crippen molar-refractivity contribution in [3.8, 4) is 0 Å². The number of aryl methyl sites for hydroxylation is 2. The molecule has 5 nitrogen and oxygen atoms in total. The maximum atomic E-state index is 13.0. The molecule has 146 valence electrons. The predicted octanol–water partition coefficient (Wildman–Crippen LogP) is 4.15. The van der Waals surface area contributed by atoms with Gasteiger partial charge in [0.15, 0.2) is 0 Å². The minimum Gasteiger partial charge on any atom is -0.357 e. The Bertz CT molecular complexity index is 1070. The number of aromatic amines is 1. The molecule has 0 saturated carbocycles. The number of nitrogens with zero attached hydrogens (tertiary/aromatic N) is 2. The third kappa shape index (κ3) is 3.47. The van der Waals surface area contributed by atoms with Crippen molar-refractivity contribution >= 4 is 22.6 Å². The minimum atomic E-state index is -4.55. The minimum absolute atomic E-state index is 0.0192. The fourth-order valence-electron chi connectivity index (χ4n) is 3.62. The molecule has 0 saturated heterocycles. The van der Waals surface area contributed by atoms with Crippen LogP contribution in [0.1, 0.15) is 28.1 Å². The predicted molar refractivity (Wildman–Crippen MR) is 99.8 cm³/mol. The Hall–Kier alpha value is -2.87. The lowest BCUT2D eigenvalue weighted by atomic mass is 10.1. The molecule has 0 radical (unpaired) electrons. The van der Waals surface area contributed by atoms with Gasteiger partial charge in [-0.1, -0.05) is 17.7 Å². The number of H-pyrrole nitrogens is 1. The topological polar surface area (TPSA) is 61.0 Å². The van der Waals surface area contributed by atoms with Crippen molar-refractivity contribution in [1.29, 1.82) is 0 Å². The zero-order valence-electron chi connectivity index (χ0n) is 15.4. The van der Waals surface area contributed by atoms with Crippen molar-refractivity contribution in [3.63, 3.8) is 0 Å². The van der Waals surface area contributed by atoms with Crippen molar-refractivity contribution in [2.45, 2.75) is 33.1 Å². The Kier molecular flexibility index (Phi) is 4.38. The molecule has 0 fully saturated rings. The van der Waals surface area contributed by atoms with Gasteiger partial charge in [-0.15, -0.1) is 0 Å². The summed E-state index contributed by atoms with van der Waals surface area (Å²) in [6, 6.07) is 8.89. The zero-order valence-corrected chi connectivity index (χ0v) is 15.4. The summed E-state index contributed by atoms with van der Waals surface area (Å²) < 4.78 is 38.9. The van der Waals surface area contributed by atoms with Gasteiger partial charge < -0.3 is 10.3 Å². The number of hydrogen-bond acceptors (Lipinski definition) is 3. The number of fused-ring (bicyclic) bond motifs is 3. The summed E-state index contributed by atoms with van der Waals surface area (Å²) in [5, 5.41) is 3.62. The number of rotatable bonds is 3. The summed E-state index contributed by atoms with van der Waals surface area (Å²) in [5.41, 5.74) is 3.51. The average molecular weight is 388 g/mol. The number of aromatic nitrogens is 2. The van der Waals surface area contributed by atoms with E-state index >= 15 is 0 Å². The molecule has 0 spiro atoms. The lowest BCUT2D eigenvalue weighted by Gasteiger charge is -2.16. The maximum absolute atomic E-state index is 13.0.